The zero-order valence-electron chi connectivity index (χ0n) is 18.3. The topological polar surface area (TPSA) is 79.9 Å². The second kappa shape index (κ2) is 9.14. The lowest BCUT2D eigenvalue weighted by atomic mass is 10.0. The van der Waals surface area contributed by atoms with Gasteiger partial charge in [0, 0.05) is 30.3 Å². The molecule has 3 aromatic heterocycles. The number of rotatable bonds is 5. The van der Waals surface area contributed by atoms with Crippen molar-refractivity contribution in [2.24, 2.45) is 0 Å². The number of carbonyl (C=O) groups excluding carboxylic acids is 1. The predicted molar refractivity (Wildman–Crippen MR) is 125 cm³/mol. The molecule has 0 unspecified atom stereocenters. The number of fused-ring (bicyclic) bond motifs is 1. The molecule has 0 radical (unpaired) electrons. The average Bonchev–Trinajstić information content (AvgIpc) is 3.35. The van der Waals surface area contributed by atoms with Crippen molar-refractivity contribution in [2.75, 3.05) is 5.32 Å². The normalized spacial score (nSPS) is 11.4. The van der Waals surface area contributed by atoms with Crippen LogP contribution in [-0.4, -0.2) is 20.9 Å². The number of anilines is 1. The number of amides is 1. The first-order valence-electron chi connectivity index (χ1n) is 10.6. The van der Waals surface area contributed by atoms with E-state index in [2.05, 4.69) is 20.3 Å². The molecule has 0 spiro atoms. The maximum Gasteiger partial charge on any atom is 0.416 e. The summed E-state index contributed by atoms with van der Waals surface area (Å²) in [6.45, 7) is 0. The van der Waals surface area contributed by atoms with E-state index >= 15 is 0 Å². The highest BCUT2D eigenvalue weighted by Gasteiger charge is 2.30. The van der Waals surface area contributed by atoms with Crippen LogP contribution in [0.1, 0.15) is 16.1 Å². The number of benzene rings is 2. The quantitative estimate of drug-likeness (QED) is 0.264. The number of H-pyrrole nitrogens is 1. The number of carbonyl (C=O) groups is 1. The average molecular weight is 492 g/mol. The maximum atomic E-state index is 14.7. The number of aromatic nitrogens is 3. The van der Waals surface area contributed by atoms with E-state index in [1.165, 1.54) is 42.7 Å². The first kappa shape index (κ1) is 23.0. The molecule has 36 heavy (non-hydrogen) atoms. The second-order valence-electron chi connectivity index (χ2n) is 7.76. The standard InChI is InChI=1S/C26H16F4N4O2/c27-20-14-18(5-6-23(20)36-22-9-12-33-24-19(22)8-11-32-24)34-25(35)21-13-16(7-10-31-21)15-1-3-17(4-2-15)26(28,29)30/h1-14H,(H,32,33)(H,34,35). The van der Waals surface area contributed by atoms with Crippen molar-refractivity contribution in [1.82, 2.24) is 15.0 Å². The van der Waals surface area contributed by atoms with Crippen molar-refractivity contribution < 1.29 is 27.1 Å². The summed E-state index contributed by atoms with van der Waals surface area (Å²) < 4.78 is 58.8. The largest absolute Gasteiger partial charge is 0.453 e. The number of ether oxygens (including phenoxy) is 1. The molecule has 0 bridgehead atoms. The minimum absolute atomic E-state index is 0.0137. The lowest BCUT2D eigenvalue weighted by molar-refractivity contribution is -0.137. The van der Waals surface area contributed by atoms with Gasteiger partial charge >= 0.3 is 6.18 Å². The first-order valence-corrected chi connectivity index (χ1v) is 10.6. The van der Waals surface area contributed by atoms with Gasteiger partial charge in [-0.05, 0) is 59.7 Å². The summed E-state index contributed by atoms with van der Waals surface area (Å²) in [4.78, 5) is 23.8. The number of aromatic amines is 1. The minimum Gasteiger partial charge on any atom is -0.453 e. The summed E-state index contributed by atoms with van der Waals surface area (Å²) in [6.07, 6.45) is 0.159. The van der Waals surface area contributed by atoms with Crippen LogP contribution in [0.4, 0.5) is 23.2 Å². The smallest absolute Gasteiger partial charge is 0.416 e. The highest BCUT2D eigenvalue weighted by molar-refractivity contribution is 6.03. The third-order valence-corrected chi connectivity index (χ3v) is 5.37. The molecule has 0 saturated carbocycles. The number of hydrogen-bond donors (Lipinski definition) is 2. The maximum absolute atomic E-state index is 14.7. The van der Waals surface area contributed by atoms with Gasteiger partial charge in [0.1, 0.15) is 17.1 Å². The number of hydrogen-bond acceptors (Lipinski definition) is 4. The Morgan fingerprint density at radius 2 is 1.64 bits per heavy atom. The van der Waals surface area contributed by atoms with Crippen LogP contribution < -0.4 is 10.1 Å². The van der Waals surface area contributed by atoms with Crippen molar-refractivity contribution >= 4 is 22.6 Å². The summed E-state index contributed by atoms with van der Waals surface area (Å²) in [5.41, 5.74) is 1.01. The minimum atomic E-state index is -4.44. The van der Waals surface area contributed by atoms with Crippen LogP contribution >= 0.6 is 0 Å². The van der Waals surface area contributed by atoms with Crippen LogP contribution in [0, 0.1) is 5.82 Å². The van der Waals surface area contributed by atoms with Crippen molar-refractivity contribution in [3.63, 3.8) is 0 Å². The molecule has 0 atom stereocenters. The predicted octanol–water partition coefficient (Wildman–Crippen LogP) is 6.83. The van der Waals surface area contributed by atoms with Gasteiger partial charge in [-0.1, -0.05) is 12.1 Å². The van der Waals surface area contributed by atoms with E-state index < -0.39 is 23.5 Å². The van der Waals surface area contributed by atoms with Crippen LogP contribution in [-0.2, 0) is 6.18 Å². The van der Waals surface area contributed by atoms with Crippen molar-refractivity contribution in [3.05, 3.63) is 102 Å². The highest BCUT2D eigenvalue weighted by Crippen LogP contribution is 2.32. The third-order valence-electron chi connectivity index (χ3n) is 5.37. The van der Waals surface area contributed by atoms with Gasteiger partial charge in [0.25, 0.3) is 5.91 Å². The lowest BCUT2D eigenvalue weighted by Gasteiger charge is -2.11. The molecule has 0 aliphatic heterocycles. The zero-order valence-corrected chi connectivity index (χ0v) is 18.3. The third kappa shape index (κ3) is 4.74. The van der Waals surface area contributed by atoms with Crippen LogP contribution in [0.3, 0.4) is 0 Å². The second-order valence-corrected chi connectivity index (χ2v) is 7.76. The van der Waals surface area contributed by atoms with Gasteiger partial charge in [-0.15, -0.1) is 0 Å². The van der Waals surface area contributed by atoms with Gasteiger partial charge in [-0.3, -0.25) is 9.78 Å². The van der Waals surface area contributed by atoms with Crippen LogP contribution in [0.5, 0.6) is 11.5 Å². The van der Waals surface area contributed by atoms with Gasteiger partial charge in [-0.2, -0.15) is 13.2 Å². The Bertz CT molecular complexity index is 1560. The molecule has 3 heterocycles. The van der Waals surface area contributed by atoms with E-state index in [-0.39, 0.29) is 17.1 Å². The SMILES string of the molecule is O=C(Nc1ccc(Oc2ccnc3[nH]ccc23)c(F)c1)c1cc(-c2ccc(C(F)(F)F)cc2)ccn1. The molecule has 10 heteroatoms. The number of alkyl halides is 3. The lowest BCUT2D eigenvalue weighted by Crippen LogP contribution is -2.13. The summed E-state index contributed by atoms with van der Waals surface area (Å²) in [6, 6.07) is 14.9. The van der Waals surface area contributed by atoms with Crippen molar-refractivity contribution in [1.29, 1.82) is 0 Å². The summed E-state index contributed by atoms with van der Waals surface area (Å²) in [5.74, 6) is -0.926. The number of nitrogens with zero attached hydrogens (tertiary/aromatic N) is 2. The first-order chi connectivity index (χ1) is 17.3. The molecular weight excluding hydrogens is 476 g/mol. The molecule has 180 valence electrons. The summed E-state index contributed by atoms with van der Waals surface area (Å²) in [5, 5.41) is 3.25. The molecule has 2 aromatic carbocycles. The van der Waals surface area contributed by atoms with E-state index in [4.69, 9.17) is 4.74 Å². The Hall–Kier alpha value is -4.73. The molecule has 5 aromatic rings. The highest BCUT2D eigenvalue weighted by atomic mass is 19.4. The van der Waals surface area contributed by atoms with Gasteiger partial charge in [-0.25, -0.2) is 9.37 Å². The zero-order chi connectivity index (χ0) is 25.3. The molecule has 6 nitrogen and oxygen atoms in total. The fourth-order valence-corrected chi connectivity index (χ4v) is 3.59. The molecule has 0 saturated heterocycles. The number of halogens is 4. The van der Waals surface area contributed by atoms with Gasteiger partial charge in [0.15, 0.2) is 11.6 Å². The van der Waals surface area contributed by atoms with E-state index in [1.807, 2.05) is 0 Å². The fourth-order valence-electron chi connectivity index (χ4n) is 3.59. The van der Waals surface area contributed by atoms with Crippen LogP contribution in [0.25, 0.3) is 22.2 Å². The van der Waals surface area contributed by atoms with Crippen molar-refractivity contribution in [2.45, 2.75) is 6.18 Å². The Balaban J connectivity index is 1.31. The van der Waals surface area contributed by atoms with E-state index in [1.54, 1.807) is 24.4 Å². The monoisotopic (exact) mass is 492 g/mol. The van der Waals surface area contributed by atoms with E-state index in [0.29, 0.717) is 27.9 Å². The Morgan fingerprint density at radius 3 is 2.39 bits per heavy atom. The molecule has 5 rings (SSSR count). The van der Waals surface area contributed by atoms with Gasteiger partial charge in [0.05, 0.1) is 10.9 Å². The van der Waals surface area contributed by atoms with Crippen molar-refractivity contribution in [3.8, 4) is 22.6 Å². The van der Waals surface area contributed by atoms with Crippen LogP contribution in [0.15, 0.2) is 85.3 Å². The fraction of sp³-hybridized carbons (Fsp3) is 0.0385. The van der Waals surface area contributed by atoms with E-state index in [0.717, 1.165) is 18.2 Å². The van der Waals surface area contributed by atoms with Gasteiger partial charge in [0.2, 0.25) is 0 Å². The summed E-state index contributed by atoms with van der Waals surface area (Å²) >= 11 is 0. The number of nitrogens with one attached hydrogen (secondary N) is 2. The molecular formula is C26H16F4N4O2. The molecule has 0 fully saturated rings. The molecule has 2 N–H and O–H groups in total. The molecule has 0 aliphatic carbocycles. The van der Waals surface area contributed by atoms with E-state index in [9.17, 15) is 22.4 Å². The molecule has 1 amide bonds. The van der Waals surface area contributed by atoms with Crippen LogP contribution in [0.2, 0.25) is 0 Å². The van der Waals surface area contributed by atoms with Gasteiger partial charge < -0.3 is 15.0 Å². The summed E-state index contributed by atoms with van der Waals surface area (Å²) in [7, 11) is 0. The number of pyridine rings is 2. The Kier molecular flexibility index (Phi) is 5.85. The Labute approximate surface area is 201 Å². The molecule has 0 aliphatic rings. The Morgan fingerprint density at radius 1 is 0.861 bits per heavy atom.